The van der Waals surface area contributed by atoms with E-state index in [1.165, 1.54) is 16.9 Å². The summed E-state index contributed by atoms with van der Waals surface area (Å²) in [5.41, 5.74) is 3.57. The summed E-state index contributed by atoms with van der Waals surface area (Å²) in [7, 11) is 0. The molecule has 5 rings (SSSR count). The van der Waals surface area contributed by atoms with Crippen LogP contribution in [-0.4, -0.2) is 68.8 Å². The van der Waals surface area contributed by atoms with Crippen LogP contribution in [0.15, 0.2) is 84.4 Å². The molecule has 0 radical (unpaired) electrons. The summed E-state index contributed by atoms with van der Waals surface area (Å²) in [6.07, 6.45) is 2.90. The summed E-state index contributed by atoms with van der Waals surface area (Å²) < 4.78 is 2.12. The van der Waals surface area contributed by atoms with Crippen LogP contribution in [0.3, 0.4) is 0 Å². The number of benzene rings is 2. The lowest BCUT2D eigenvalue weighted by Gasteiger charge is -2.34. The van der Waals surface area contributed by atoms with Gasteiger partial charge in [-0.05, 0) is 36.2 Å². The van der Waals surface area contributed by atoms with Crippen LogP contribution in [0.1, 0.15) is 50.5 Å². The van der Waals surface area contributed by atoms with E-state index < -0.39 is 0 Å². The fourth-order valence-corrected chi connectivity index (χ4v) is 5.73. The van der Waals surface area contributed by atoms with Crippen LogP contribution in [0.25, 0.3) is 0 Å². The number of carbonyl (C=O) groups excluding carboxylic acids is 2. The van der Waals surface area contributed by atoms with Crippen LogP contribution in [0.4, 0.5) is 0 Å². The van der Waals surface area contributed by atoms with Crippen LogP contribution >= 0.6 is 11.3 Å². The van der Waals surface area contributed by atoms with E-state index in [0.29, 0.717) is 44.0 Å². The Kier molecular flexibility index (Phi) is 8.85. The molecule has 1 saturated heterocycles. The molecule has 4 aromatic rings. The molecule has 1 fully saturated rings. The van der Waals surface area contributed by atoms with Crippen molar-refractivity contribution in [2.24, 2.45) is 0 Å². The Balaban J connectivity index is 1.18. The van der Waals surface area contributed by atoms with Crippen molar-refractivity contribution in [2.45, 2.75) is 33.0 Å². The van der Waals surface area contributed by atoms with Crippen molar-refractivity contribution in [3.8, 4) is 0 Å². The molecule has 0 bridgehead atoms. The minimum Gasteiger partial charge on any atom is -0.343 e. The highest BCUT2D eigenvalue weighted by Crippen LogP contribution is 2.18. The zero-order valence-electron chi connectivity index (χ0n) is 22.4. The first-order valence-corrected chi connectivity index (χ1v) is 14.5. The van der Waals surface area contributed by atoms with E-state index in [2.05, 4.69) is 46.7 Å². The molecule has 2 aromatic heterocycles. The molecular formula is C31H35N5O2S. The zero-order valence-corrected chi connectivity index (χ0v) is 23.2. The van der Waals surface area contributed by atoms with Crippen LogP contribution < -0.4 is 0 Å². The highest BCUT2D eigenvalue weighted by molar-refractivity contribution is 7.09. The quantitative estimate of drug-likeness (QED) is 0.283. The number of thiazole rings is 1. The average Bonchev–Trinajstić information content (AvgIpc) is 3.63. The van der Waals surface area contributed by atoms with Gasteiger partial charge in [0, 0.05) is 62.1 Å². The first kappa shape index (κ1) is 26.8. The topological polar surface area (TPSA) is 61.7 Å². The van der Waals surface area contributed by atoms with Gasteiger partial charge in [-0.3, -0.25) is 14.5 Å². The van der Waals surface area contributed by atoms with E-state index in [1.807, 2.05) is 63.8 Å². The van der Waals surface area contributed by atoms with Gasteiger partial charge in [0.1, 0.15) is 10.7 Å². The number of hydrogen-bond acceptors (Lipinski definition) is 5. The largest absolute Gasteiger partial charge is 0.343 e. The molecule has 1 aliphatic rings. The predicted molar refractivity (Wildman–Crippen MR) is 155 cm³/mol. The molecule has 202 valence electrons. The Bertz CT molecular complexity index is 1360. The second-order valence-electron chi connectivity index (χ2n) is 9.90. The summed E-state index contributed by atoms with van der Waals surface area (Å²) in [4.78, 5) is 37.2. The second-order valence-corrected chi connectivity index (χ2v) is 10.8. The standard InChI is InChI=1S/C31H35N5O2S/c1-2-15-36(30(37)26-12-7-4-8-13-26)22-27-14-9-16-35(27)23-29-32-28(24-39-29)31(38)34-19-17-33(18-20-34)21-25-10-5-3-6-11-25/h3-14,16,24H,2,15,17-23H2,1H3. The van der Waals surface area contributed by atoms with Gasteiger partial charge in [-0.25, -0.2) is 4.98 Å². The Hall–Kier alpha value is -3.75. The normalized spacial score (nSPS) is 13.9. The fourth-order valence-electron chi connectivity index (χ4n) is 4.97. The van der Waals surface area contributed by atoms with E-state index in [4.69, 9.17) is 4.98 Å². The van der Waals surface area contributed by atoms with Gasteiger partial charge in [0.05, 0.1) is 13.1 Å². The summed E-state index contributed by atoms with van der Waals surface area (Å²) in [6.45, 7) is 7.93. The molecule has 7 nitrogen and oxygen atoms in total. The SMILES string of the molecule is CCCN(Cc1cccn1Cc1nc(C(=O)N2CCN(Cc3ccccc3)CC2)cs1)C(=O)c1ccccc1. The highest BCUT2D eigenvalue weighted by Gasteiger charge is 2.24. The third kappa shape index (κ3) is 6.82. The molecule has 2 amide bonds. The predicted octanol–water partition coefficient (Wildman–Crippen LogP) is 5.00. The number of amides is 2. The number of carbonyl (C=O) groups is 2. The first-order chi connectivity index (χ1) is 19.1. The monoisotopic (exact) mass is 541 g/mol. The van der Waals surface area contributed by atoms with E-state index in [1.54, 1.807) is 0 Å². The lowest BCUT2D eigenvalue weighted by atomic mass is 10.2. The average molecular weight is 542 g/mol. The van der Waals surface area contributed by atoms with Gasteiger partial charge in [-0.1, -0.05) is 55.5 Å². The molecule has 0 spiro atoms. The molecular weight excluding hydrogens is 506 g/mol. The van der Waals surface area contributed by atoms with Crippen LogP contribution in [-0.2, 0) is 19.6 Å². The van der Waals surface area contributed by atoms with Crippen molar-refractivity contribution in [1.29, 1.82) is 0 Å². The molecule has 39 heavy (non-hydrogen) atoms. The molecule has 2 aromatic carbocycles. The lowest BCUT2D eigenvalue weighted by molar-refractivity contribution is 0.0623. The molecule has 3 heterocycles. The van der Waals surface area contributed by atoms with Gasteiger partial charge >= 0.3 is 0 Å². The third-order valence-corrected chi connectivity index (χ3v) is 7.90. The van der Waals surface area contributed by atoms with Crippen LogP contribution in [0, 0.1) is 0 Å². The maximum atomic E-state index is 13.2. The van der Waals surface area contributed by atoms with Crippen LogP contribution in [0.5, 0.6) is 0 Å². The number of nitrogens with zero attached hydrogens (tertiary/aromatic N) is 5. The van der Waals surface area contributed by atoms with Gasteiger partial charge in [0.2, 0.25) is 0 Å². The third-order valence-electron chi connectivity index (χ3n) is 7.06. The number of aromatic nitrogens is 2. The van der Waals surface area contributed by atoms with E-state index in [9.17, 15) is 9.59 Å². The van der Waals surface area contributed by atoms with Crippen molar-refractivity contribution < 1.29 is 9.59 Å². The van der Waals surface area contributed by atoms with Crippen LogP contribution in [0.2, 0.25) is 0 Å². The number of piperazine rings is 1. The summed E-state index contributed by atoms with van der Waals surface area (Å²) in [6, 6.07) is 23.9. The van der Waals surface area contributed by atoms with E-state index >= 15 is 0 Å². The first-order valence-electron chi connectivity index (χ1n) is 13.6. The molecule has 8 heteroatoms. The number of rotatable bonds is 10. The van der Waals surface area contributed by atoms with Crippen molar-refractivity contribution in [3.05, 3.63) is 112 Å². The van der Waals surface area contributed by atoms with Gasteiger partial charge in [-0.15, -0.1) is 11.3 Å². The molecule has 0 atom stereocenters. The minimum atomic E-state index is 0.00664. The smallest absolute Gasteiger partial charge is 0.273 e. The maximum Gasteiger partial charge on any atom is 0.273 e. The molecule has 0 saturated carbocycles. The Labute approximate surface area is 234 Å². The minimum absolute atomic E-state index is 0.00664. The molecule has 0 N–H and O–H groups in total. The van der Waals surface area contributed by atoms with Crippen molar-refractivity contribution in [2.75, 3.05) is 32.7 Å². The van der Waals surface area contributed by atoms with Gasteiger partial charge < -0.3 is 14.4 Å². The van der Waals surface area contributed by atoms with Gasteiger partial charge in [0.25, 0.3) is 11.8 Å². The van der Waals surface area contributed by atoms with Crippen molar-refractivity contribution in [1.82, 2.24) is 24.3 Å². The van der Waals surface area contributed by atoms with E-state index in [-0.39, 0.29) is 11.8 Å². The Morgan fingerprint density at radius 3 is 2.33 bits per heavy atom. The zero-order chi connectivity index (χ0) is 27.0. The maximum absolute atomic E-state index is 13.2. The highest BCUT2D eigenvalue weighted by atomic mass is 32.1. The number of hydrogen-bond donors (Lipinski definition) is 0. The molecule has 0 aliphatic carbocycles. The van der Waals surface area contributed by atoms with E-state index in [0.717, 1.165) is 36.8 Å². The van der Waals surface area contributed by atoms with Gasteiger partial charge in [0.15, 0.2) is 0 Å². The second kappa shape index (κ2) is 12.9. The van der Waals surface area contributed by atoms with Crippen molar-refractivity contribution in [3.63, 3.8) is 0 Å². The molecule has 1 aliphatic heterocycles. The van der Waals surface area contributed by atoms with Crippen molar-refractivity contribution >= 4 is 23.2 Å². The van der Waals surface area contributed by atoms with Gasteiger partial charge in [-0.2, -0.15) is 0 Å². The summed E-state index contributed by atoms with van der Waals surface area (Å²) in [5, 5.41) is 2.76. The lowest BCUT2D eigenvalue weighted by Crippen LogP contribution is -2.48. The summed E-state index contributed by atoms with van der Waals surface area (Å²) >= 11 is 1.51. The molecule has 0 unspecified atom stereocenters. The Morgan fingerprint density at radius 1 is 0.897 bits per heavy atom. The Morgan fingerprint density at radius 2 is 1.62 bits per heavy atom. The fraction of sp³-hybridized carbons (Fsp3) is 0.323. The summed E-state index contributed by atoms with van der Waals surface area (Å²) in [5.74, 6) is 0.0448.